The highest BCUT2D eigenvalue weighted by atomic mass is 35.5. The van der Waals surface area contributed by atoms with Gasteiger partial charge in [-0.3, -0.25) is 0 Å². The van der Waals surface area contributed by atoms with Crippen LogP contribution >= 0.6 is 11.6 Å². The van der Waals surface area contributed by atoms with Crippen molar-refractivity contribution in [3.63, 3.8) is 0 Å². The molecule has 0 radical (unpaired) electrons. The van der Waals surface area contributed by atoms with Crippen molar-refractivity contribution in [3.8, 4) is 0 Å². The number of carbonyl (C=O) groups is 1. The zero-order valence-electron chi connectivity index (χ0n) is 7.07. The fourth-order valence-electron chi connectivity index (χ4n) is 0.567. The lowest BCUT2D eigenvalue weighted by Crippen LogP contribution is -2.17. The number of rotatable bonds is 2. The molecular weight excluding hydrogens is 188 g/mol. The molecule has 0 aliphatic rings. The third-order valence-electron chi connectivity index (χ3n) is 1.16. The first-order chi connectivity index (χ1) is 6.20. The number of alkyl halides is 1. The highest BCUT2D eigenvalue weighted by Gasteiger charge is 1.81. The van der Waals surface area contributed by atoms with E-state index >= 15 is 0 Å². The summed E-state index contributed by atoms with van der Waals surface area (Å²) in [6.45, 7) is 2.90. The van der Waals surface area contributed by atoms with E-state index in [1.54, 1.807) is 0 Å². The van der Waals surface area contributed by atoms with Gasteiger partial charge in [-0.1, -0.05) is 36.9 Å². The highest BCUT2D eigenvalue weighted by molar-refractivity contribution is 6.17. The van der Waals surface area contributed by atoms with Gasteiger partial charge < -0.3 is 9.90 Å². The second kappa shape index (κ2) is 7.37. The molecule has 1 aromatic carbocycles. The molecule has 13 heavy (non-hydrogen) atoms. The van der Waals surface area contributed by atoms with Crippen molar-refractivity contribution in [2.24, 2.45) is 0 Å². The molecule has 70 valence electrons. The molecule has 0 saturated heterocycles. The molecule has 1 rings (SSSR count). The second-order valence-electron chi connectivity index (χ2n) is 2.14. The zero-order chi connectivity index (χ0) is 10.1. The summed E-state index contributed by atoms with van der Waals surface area (Å²) in [7, 11) is 0. The molecule has 0 N–H and O–H groups in total. The molecule has 1 aromatic rings. The Morgan fingerprint density at radius 2 is 1.92 bits per heavy atom. The van der Waals surface area contributed by atoms with Crippen LogP contribution in [-0.2, 0) is 10.7 Å². The van der Waals surface area contributed by atoms with Crippen LogP contribution in [0, 0.1) is 0 Å². The summed E-state index contributed by atoms with van der Waals surface area (Å²) in [5.41, 5.74) is 1.18. The average Bonchev–Trinajstić information content (AvgIpc) is 2.20. The van der Waals surface area contributed by atoms with Crippen molar-refractivity contribution >= 4 is 17.6 Å². The van der Waals surface area contributed by atoms with Crippen LogP contribution in [0.25, 0.3) is 0 Å². The number of carboxylic acid groups (broad SMARTS) is 1. The van der Waals surface area contributed by atoms with Crippen LogP contribution in [0.1, 0.15) is 5.56 Å². The number of carboxylic acids is 1. The van der Waals surface area contributed by atoms with E-state index < -0.39 is 5.97 Å². The molecule has 0 spiro atoms. The quantitative estimate of drug-likeness (QED) is 0.531. The van der Waals surface area contributed by atoms with E-state index in [9.17, 15) is 0 Å². The molecule has 0 aromatic heterocycles. The lowest BCUT2D eigenvalue weighted by atomic mass is 10.2. The van der Waals surface area contributed by atoms with Gasteiger partial charge in [0.25, 0.3) is 0 Å². The first-order valence-corrected chi connectivity index (χ1v) is 4.17. The van der Waals surface area contributed by atoms with Crippen molar-refractivity contribution in [2.75, 3.05) is 0 Å². The van der Waals surface area contributed by atoms with Gasteiger partial charge in [-0.25, -0.2) is 0 Å². The number of hydrogen-bond donors (Lipinski definition) is 0. The molecule has 0 aliphatic heterocycles. The molecule has 0 atom stereocenters. The van der Waals surface area contributed by atoms with Crippen LogP contribution in [-0.4, -0.2) is 5.97 Å². The minimum absolute atomic E-state index is 0.612. The first kappa shape index (κ1) is 11.7. The Morgan fingerprint density at radius 3 is 2.15 bits per heavy atom. The van der Waals surface area contributed by atoms with Crippen LogP contribution in [0.2, 0.25) is 0 Å². The minimum atomic E-state index is -1.23. The summed E-state index contributed by atoms with van der Waals surface area (Å²) >= 11 is 5.53. The van der Waals surface area contributed by atoms with Crippen LogP contribution in [0.3, 0.4) is 0 Å². The van der Waals surface area contributed by atoms with E-state index in [-0.39, 0.29) is 0 Å². The van der Waals surface area contributed by atoms with Crippen LogP contribution in [0.4, 0.5) is 0 Å². The predicted octanol–water partition coefficient (Wildman–Crippen LogP) is 1.35. The molecule has 0 fully saturated rings. The van der Waals surface area contributed by atoms with Crippen molar-refractivity contribution in [3.05, 3.63) is 48.6 Å². The first-order valence-electron chi connectivity index (χ1n) is 3.64. The van der Waals surface area contributed by atoms with Crippen molar-refractivity contribution in [2.45, 2.75) is 5.88 Å². The number of benzene rings is 1. The highest BCUT2D eigenvalue weighted by Crippen LogP contribution is 2.00. The van der Waals surface area contributed by atoms with Gasteiger partial charge in [0, 0.05) is 5.88 Å². The Bertz CT molecular complexity index is 257. The molecule has 0 bridgehead atoms. The number of carbonyl (C=O) groups excluding carboxylic acids is 1. The van der Waals surface area contributed by atoms with Crippen molar-refractivity contribution < 1.29 is 9.90 Å². The van der Waals surface area contributed by atoms with E-state index in [1.165, 1.54) is 5.56 Å². The van der Waals surface area contributed by atoms with Crippen LogP contribution < -0.4 is 5.11 Å². The van der Waals surface area contributed by atoms with Crippen LogP contribution in [0.5, 0.6) is 0 Å². The summed E-state index contributed by atoms with van der Waals surface area (Å²) in [5, 5.41) is 9.14. The normalized spacial score (nSPS) is 8.08. The molecule has 0 heterocycles. The van der Waals surface area contributed by atoms with E-state index in [4.69, 9.17) is 21.5 Å². The van der Waals surface area contributed by atoms with Crippen molar-refractivity contribution in [1.82, 2.24) is 0 Å². The Hall–Kier alpha value is -1.28. The number of aliphatic carboxylic acids is 1. The van der Waals surface area contributed by atoms with Gasteiger partial charge in [-0.05, 0) is 11.6 Å². The smallest absolute Gasteiger partial charge is 0.0636 e. The fourth-order valence-corrected chi connectivity index (χ4v) is 0.745. The summed E-state index contributed by atoms with van der Waals surface area (Å²) < 4.78 is 0. The van der Waals surface area contributed by atoms with Gasteiger partial charge >= 0.3 is 0 Å². The van der Waals surface area contributed by atoms with Gasteiger partial charge in [0.1, 0.15) is 0 Å². The summed E-state index contributed by atoms with van der Waals surface area (Å²) in [6.07, 6.45) is 0.722. The minimum Gasteiger partial charge on any atom is -0.545 e. The predicted molar refractivity (Wildman–Crippen MR) is 51.2 cm³/mol. The monoisotopic (exact) mass is 197 g/mol. The lowest BCUT2D eigenvalue weighted by Gasteiger charge is -1.88. The molecule has 0 saturated carbocycles. The van der Waals surface area contributed by atoms with Gasteiger partial charge in [0.2, 0.25) is 0 Å². The maximum atomic E-state index is 9.14. The largest absolute Gasteiger partial charge is 0.545 e. The SMILES string of the molecule is C=CC(=O)[O-].ClCc1ccccc1. The fraction of sp³-hybridized carbons (Fsp3) is 0.100. The van der Waals surface area contributed by atoms with Crippen molar-refractivity contribution in [1.29, 1.82) is 0 Å². The van der Waals surface area contributed by atoms with Gasteiger partial charge in [-0.15, -0.1) is 11.6 Å². The summed E-state index contributed by atoms with van der Waals surface area (Å²) in [5.74, 6) is -0.620. The topological polar surface area (TPSA) is 40.1 Å². The van der Waals surface area contributed by atoms with E-state index in [1.807, 2.05) is 30.3 Å². The summed E-state index contributed by atoms with van der Waals surface area (Å²) in [6, 6.07) is 9.96. The van der Waals surface area contributed by atoms with Crippen LogP contribution in [0.15, 0.2) is 43.0 Å². The maximum Gasteiger partial charge on any atom is 0.0636 e. The standard InChI is InChI=1S/C7H7Cl.C3H4O2/c8-6-7-4-2-1-3-5-7;1-2-3(4)5/h1-5H,6H2;2H,1H2,(H,4,5)/p-1. The molecule has 0 aliphatic carbocycles. The number of hydrogen-bond acceptors (Lipinski definition) is 2. The van der Waals surface area contributed by atoms with Gasteiger partial charge in [0.15, 0.2) is 0 Å². The molecule has 2 nitrogen and oxygen atoms in total. The van der Waals surface area contributed by atoms with E-state index in [2.05, 4.69) is 6.58 Å². The Balaban J connectivity index is 0.000000252. The maximum absolute atomic E-state index is 9.14. The molecular formula is C10H10ClO2-. The lowest BCUT2D eigenvalue weighted by molar-refractivity contribution is -0.297. The third-order valence-corrected chi connectivity index (χ3v) is 1.47. The Labute approximate surface area is 82.5 Å². The Kier molecular flexibility index (Phi) is 6.65. The second-order valence-corrected chi connectivity index (χ2v) is 2.41. The van der Waals surface area contributed by atoms with Gasteiger partial charge in [0.05, 0.1) is 5.97 Å². The van der Waals surface area contributed by atoms with E-state index in [0.717, 1.165) is 6.08 Å². The van der Waals surface area contributed by atoms with E-state index in [0.29, 0.717) is 5.88 Å². The molecule has 0 unspecified atom stereocenters. The van der Waals surface area contributed by atoms with Gasteiger partial charge in [-0.2, -0.15) is 0 Å². The third kappa shape index (κ3) is 7.09. The molecule has 0 amide bonds. The zero-order valence-corrected chi connectivity index (χ0v) is 7.83. The number of halogens is 1. The Morgan fingerprint density at radius 1 is 1.46 bits per heavy atom. The summed E-state index contributed by atoms with van der Waals surface area (Å²) in [4.78, 5) is 9.14. The molecule has 3 heteroatoms. The average molecular weight is 198 g/mol.